The van der Waals surface area contributed by atoms with Gasteiger partial charge < -0.3 is 15.0 Å². The number of benzene rings is 2. The molecule has 1 saturated heterocycles. The number of hydrogen-bond acceptors (Lipinski definition) is 6. The molecule has 0 saturated carbocycles. The Morgan fingerprint density at radius 2 is 1.84 bits per heavy atom. The highest BCUT2D eigenvalue weighted by Gasteiger charge is 2.27. The molecule has 0 unspecified atom stereocenters. The Morgan fingerprint density at radius 1 is 1.12 bits per heavy atom. The first kappa shape index (κ1) is 22.5. The maximum atomic E-state index is 12.7. The van der Waals surface area contributed by atoms with Gasteiger partial charge in [0, 0.05) is 6.54 Å². The van der Waals surface area contributed by atoms with Crippen molar-refractivity contribution in [1.29, 1.82) is 0 Å². The van der Waals surface area contributed by atoms with Gasteiger partial charge in [-0.15, -0.1) is 0 Å². The first-order chi connectivity index (χ1) is 15.5. The fourth-order valence-corrected chi connectivity index (χ4v) is 4.74. The van der Waals surface area contributed by atoms with Crippen molar-refractivity contribution in [3.8, 4) is 5.75 Å². The lowest BCUT2D eigenvalue weighted by molar-refractivity contribution is -0.121. The van der Waals surface area contributed by atoms with Crippen molar-refractivity contribution in [2.24, 2.45) is 0 Å². The summed E-state index contributed by atoms with van der Waals surface area (Å²) in [7, 11) is 0. The minimum absolute atomic E-state index is 0.0139. The van der Waals surface area contributed by atoms with E-state index in [0.29, 0.717) is 27.2 Å². The molecule has 0 bridgehead atoms. The molecule has 0 aromatic heterocycles. The average molecular weight is 468 g/mol. The summed E-state index contributed by atoms with van der Waals surface area (Å²) in [4.78, 5) is 29.3. The zero-order chi connectivity index (χ0) is 22.7. The summed E-state index contributed by atoms with van der Waals surface area (Å²) >= 11 is 6.29. The summed E-state index contributed by atoms with van der Waals surface area (Å²) in [5, 5.41) is 2.62. The van der Waals surface area contributed by atoms with Gasteiger partial charge >= 0.3 is 0 Å². The summed E-state index contributed by atoms with van der Waals surface area (Å²) in [5.74, 6) is 0.360. The van der Waals surface area contributed by atoms with Crippen LogP contribution in [0, 0.1) is 0 Å². The Kier molecular flexibility index (Phi) is 6.93. The van der Waals surface area contributed by atoms with Crippen LogP contribution in [0.15, 0.2) is 47.4 Å². The van der Waals surface area contributed by atoms with Crippen LogP contribution in [-0.4, -0.2) is 40.7 Å². The van der Waals surface area contributed by atoms with Gasteiger partial charge in [-0.1, -0.05) is 68.2 Å². The zero-order valence-corrected chi connectivity index (χ0v) is 19.7. The molecule has 1 N–H and O–H groups in total. The number of carbonyl (C=O) groups excluding carboxylic acids is 2. The fourth-order valence-electron chi connectivity index (χ4n) is 3.69. The van der Waals surface area contributed by atoms with Crippen LogP contribution in [0.25, 0.3) is 6.08 Å². The highest BCUT2D eigenvalue weighted by Crippen LogP contribution is 2.35. The van der Waals surface area contributed by atoms with Gasteiger partial charge in [-0.25, -0.2) is 0 Å². The molecule has 4 rings (SSSR count). The molecule has 2 amide bonds. The van der Waals surface area contributed by atoms with Crippen molar-refractivity contribution in [3.63, 3.8) is 0 Å². The van der Waals surface area contributed by atoms with Crippen LogP contribution in [0.5, 0.6) is 5.75 Å². The summed E-state index contributed by atoms with van der Waals surface area (Å²) < 4.78 is 6.08. The molecule has 2 aliphatic rings. The predicted octanol–water partition coefficient (Wildman–Crippen LogP) is 3.94. The maximum Gasteiger partial charge on any atom is 0.265 e. The van der Waals surface area contributed by atoms with Gasteiger partial charge in [-0.05, 0) is 48.0 Å². The van der Waals surface area contributed by atoms with E-state index in [9.17, 15) is 9.59 Å². The standard InChI is InChI=1S/C24H25N3O3S2/c1-3-26(4-2)13-16-5-7-17(8-6-16)14-27-19-11-18(9-10-20(19)30-15-22(27)28)12-21-23(29)25-24(31)32-21/h5-12H,3-4,13-15H2,1-2H3,(H,25,29,31). The van der Waals surface area contributed by atoms with Gasteiger partial charge in [-0.2, -0.15) is 0 Å². The van der Waals surface area contributed by atoms with Crippen LogP contribution in [0.1, 0.15) is 30.5 Å². The highest BCUT2D eigenvalue weighted by atomic mass is 32.2. The fraction of sp³-hybridized carbons (Fsp3) is 0.292. The Labute approximate surface area is 197 Å². The van der Waals surface area contributed by atoms with E-state index in [1.165, 1.54) is 17.3 Å². The maximum absolute atomic E-state index is 12.7. The number of rotatable bonds is 7. The van der Waals surface area contributed by atoms with Crippen molar-refractivity contribution in [1.82, 2.24) is 10.2 Å². The molecule has 1 fully saturated rings. The van der Waals surface area contributed by atoms with Crippen molar-refractivity contribution in [2.45, 2.75) is 26.9 Å². The minimum Gasteiger partial charge on any atom is -0.482 e. The van der Waals surface area contributed by atoms with Crippen LogP contribution in [0.4, 0.5) is 5.69 Å². The molecule has 32 heavy (non-hydrogen) atoms. The van der Waals surface area contributed by atoms with Crippen LogP contribution in [0.3, 0.4) is 0 Å². The molecular weight excluding hydrogens is 442 g/mol. The second kappa shape index (κ2) is 9.85. The van der Waals surface area contributed by atoms with E-state index in [4.69, 9.17) is 17.0 Å². The number of fused-ring (bicyclic) bond motifs is 1. The third kappa shape index (κ3) is 5.03. The Balaban J connectivity index is 1.55. The normalized spacial score (nSPS) is 17.0. The van der Waals surface area contributed by atoms with Crippen LogP contribution >= 0.6 is 24.0 Å². The van der Waals surface area contributed by atoms with Crippen LogP contribution < -0.4 is 15.0 Å². The van der Waals surface area contributed by atoms with Gasteiger partial charge in [0.15, 0.2) is 6.61 Å². The van der Waals surface area contributed by atoms with Crippen molar-refractivity contribution in [2.75, 3.05) is 24.6 Å². The van der Waals surface area contributed by atoms with Crippen molar-refractivity contribution in [3.05, 3.63) is 64.1 Å². The Hall–Kier alpha value is -2.68. The number of nitrogens with zero attached hydrogens (tertiary/aromatic N) is 2. The van der Waals surface area contributed by atoms with Gasteiger partial charge in [-0.3, -0.25) is 14.5 Å². The third-order valence-corrected chi connectivity index (χ3v) is 6.69. The van der Waals surface area contributed by atoms with Crippen LogP contribution in [-0.2, 0) is 22.7 Å². The predicted molar refractivity (Wildman–Crippen MR) is 133 cm³/mol. The highest BCUT2D eigenvalue weighted by molar-refractivity contribution is 8.26. The van der Waals surface area contributed by atoms with E-state index in [-0.39, 0.29) is 18.4 Å². The largest absolute Gasteiger partial charge is 0.482 e. The van der Waals surface area contributed by atoms with Gasteiger partial charge in [0.2, 0.25) is 0 Å². The average Bonchev–Trinajstić information content (AvgIpc) is 3.11. The van der Waals surface area contributed by atoms with Crippen LogP contribution in [0.2, 0.25) is 0 Å². The third-order valence-electron chi connectivity index (χ3n) is 5.53. The molecule has 2 aliphatic heterocycles. The summed E-state index contributed by atoms with van der Waals surface area (Å²) in [6.45, 7) is 7.74. The molecule has 2 aromatic rings. The van der Waals surface area contributed by atoms with E-state index >= 15 is 0 Å². The first-order valence-corrected chi connectivity index (χ1v) is 11.8. The minimum atomic E-state index is -0.202. The lowest BCUT2D eigenvalue weighted by atomic mass is 10.1. The number of thioether (sulfide) groups is 1. The number of hydrogen-bond donors (Lipinski definition) is 1. The number of ether oxygens (including phenoxy) is 1. The molecule has 8 heteroatoms. The summed E-state index contributed by atoms with van der Waals surface area (Å²) in [6, 6.07) is 14.0. The van der Waals surface area contributed by atoms with E-state index in [0.717, 1.165) is 30.8 Å². The number of thiocarbonyl (C=S) groups is 1. The van der Waals surface area contributed by atoms with Gasteiger partial charge in [0.05, 0.1) is 17.1 Å². The quantitative estimate of drug-likeness (QED) is 0.492. The van der Waals surface area contributed by atoms with Gasteiger partial charge in [0.1, 0.15) is 10.1 Å². The first-order valence-electron chi connectivity index (χ1n) is 10.6. The van der Waals surface area contributed by atoms with E-state index < -0.39 is 0 Å². The Bertz CT molecular complexity index is 1080. The zero-order valence-electron chi connectivity index (χ0n) is 18.1. The molecule has 0 radical (unpaired) electrons. The SMILES string of the molecule is CCN(CC)Cc1ccc(CN2C(=O)COc3ccc(C=C4SC(=S)NC4=O)cc32)cc1. The molecule has 2 aromatic carbocycles. The van der Waals surface area contributed by atoms with E-state index in [1.54, 1.807) is 11.0 Å². The lowest BCUT2D eigenvalue weighted by Crippen LogP contribution is -2.38. The lowest BCUT2D eigenvalue weighted by Gasteiger charge is -2.30. The Morgan fingerprint density at radius 3 is 2.50 bits per heavy atom. The smallest absolute Gasteiger partial charge is 0.265 e. The molecule has 6 nitrogen and oxygen atoms in total. The summed E-state index contributed by atoms with van der Waals surface area (Å²) in [6.07, 6.45) is 1.78. The number of nitrogens with one attached hydrogen (secondary N) is 1. The van der Waals surface area contributed by atoms with Crippen molar-refractivity contribution < 1.29 is 14.3 Å². The van der Waals surface area contributed by atoms with E-state index in [2.05, 4.69) is 48.3 Å². The molecule has 0 aliphatic carbocycles. The molecule has 0 spiro atoms. The van der Waals surface area contributed by atoms with Gasteiger partial charge in [0.25, 0.3) is 11.8 Å². The van der Waals surface area contributed by atoms with Crippen molar-refractivity contribution >= 4 is 51.9 Å². The number of anilines is 1. The second-order valence-electron chi connectivity index (χ2n) is 7.63. The number of amides is 2. The molecular formula is C24H25N3O3S2. The van der Waals surface area contributed by atoms with E-state index in [1.807, 2.05) is 18.2 Å². The number of carbonyl (C=O) groups is 2. The monoisotopic (exact) mass is 467 g/mol. The molecule has 2 heterocycles. The summed E-state index contributed by atoms with van der Waals surface area (Å²) in [5.41, 5.74) is 3.82. The topological polar surface area (TPSA) is 61.9 Å². The molecule has 0 atom stereocenters. The molecule has 166 valence electrons. The second-order valence-corrected chi connectivity index (χ2v) is 9.34.